The highest BCUT2D eigenvalue weighted by molar-refractivity contribution is 6.21. The smallest absolute Gasteiger partial charge is 0.310 e. The standard InChI is InChI=1S/C20H15NO6/c22-13-5-6-14-12(11-27-17(14)10-13)9-18(23)26-8-7-21-19(24)15-3-1-2-4-16(15)20(21)25/h1-6,10-11,22H,7-9H2. The lowest BCUT2D eigenvalue weighted by molar-refractivity contribution is -0.143. The number of rotatable bonds is 5. The number of ether oxygens (including phenoxy) is 1. The number of benzene rings is 2. The van der Waals surface area contributed by atoms with E-state index in [4.69, 9.17) is 9.15 Å². The van der Waals surface area contributed by atoms with Crippen molar-refractivity contribution in [3.63, 3.8) is 0 Å². The Hall–Kier alpha value is -3.61. The number of hydrogen-bond donors (Lipinski definition) is 1. The van der Waals surface area contributed by atoms with Gasteiger partial charge >= 0.3 is 5.97 Å². The molecule has 1 N–H and O–H groups in total. The summed E-state index contributed by atoms with van der Waals surface area (Å²) in [6.45, 7) is -0.0844. The van der Waals surface area contributed by atoms with E-state index in [2.05, 4.69) is 0 Å². The number of phenolic OH excluding ortho intramolecular Hbond substituents is 1. The molecule has 7 nitrogen and oxygen atoms in total. The number of carbonyl (C=O) groups is 3. The maximum Gasteiger partial charge on any atom is 0.310 e. The Morgan fingerprint density at radius 2 is 1.78 bits per heavy atom. The van der Waals surface area contributed by atoms with Gasteiger partial charge in [0.1, 0.15) is 17.9 Å². The second-order valence-electron chi connectivity index (χ2n) is 6.15. The molecule has 1 aromatic heterocycles. The van der Waals surface area contributed by atoms with Gasteiger partial charge in [0.05, 0.1) is 30.4 Å². The summed E-state index contributed by atoms with van der Waals surface area (Å²) in [4.78, 5) is 37.6. The molecule has 4 rings (SSSR count). The third-order valence-corrected chi connectivity index (χ3v) is 4.43. The van der Waals surface area contributed by atoms with Gasteiger partial charge in [0.2, 0.25) is 0 Å². The molecule has 2 aromatic carbocycles. The molecule has 1 aliphatic heterocycles. The highest BCUT2D eigenvalue weighted by Crippen LogP contribution is 2.25. The van der Waals surface area contributed by atoms with Crippen LogP contribution in [0.1, 0.15) is 26.3 Å². The highest BCUT2D eigenvalue weighted by atomic mass is 16.5. The summed E-state index contributed by atoms with van der Waals surface area (Å²) in [5, 5.41) is 10.2. The fraction of sp³-hybridized carbons (Fsp3) is 0.150. The van der Waals surface area contributed by atoms with Crippen LogP contribution in [0.25, 0.3) is 11.0 Å². The van der Waals surface area contributed by atoms with E-state index in [9.17, 15) is 19.5 Å². The van der Waals surface area contributed by atoms with Crippen LogP contribution in [-0.4, -0.2) is 40.9 Å². The van der Waals surface area contributed by atoms with Crippen LogP contribution in [-0.2, 0) is 16.0 Å². The van der Waals surface area contributed by atoms with Crippen LogP contribution in [0.4, 0.5) is 0 Å². The Bertz CT molecular complexity index is 1030. The molecule has 1 aliphatic rings. The molecule has 0 radical (unpaired) electrons. The van der Waals surface area contributed by atoms with Gasteiger partial charge < -0.3 is 14.3 Å². The molecule has 27 heavy (non-hydrogen) atoms. The molecule has 0 aliphatic carbocycles. The number of amides is 2. The Morgan fingerprint density at radius 1 is 1.07 bits per heavy atom. The molecule has 3 aromatic rings. The first-order valence-corrected chi connectivity index (χ1v) is 8.34. The number of hydrogen-bond acceptors (Lipinski definition) is 6. The summed E-state index contributed by atoms with van der Waals surface area (Å²) in [5.41, 5.74) is 1.84. The summed E-state index contributed by atoms with van der Waals surface area (Å²) in [5.74, 6) is -1.19. The Morgan fingerprint density at radius 3 is 2.48 bits per heavy atom. The lowest BCUT2D eigenvalue weighted by Crippen LogP contribution is -2.33. The molecule has 2 heterocycles. The number of imide groups is 1. The van der Waals surface area contributed by atoms with Gasteiger partial charge in [-0.25, -0.2) is 0 Å². The lowest BCUT2D eigenvalue weighted by Gasteiger charge is -2.13. The van der Waals surface area contributed by atoms with E-state index in [-0.39, 0.29) is 37.1 Å². The molecule has 7 heteroatoms. The van der Waals surface area contributed by atoms with Crippen LogP contribution in [0.5, 0.6) is 5.75 Å². The molecule has 2 amide bonds. The number of furan rings is 1. The second-order valence-corrected chi connectivity index (χ2v) is 6.15. The van der Waals surface area contributed by atoms with Crippen LogP contribution in [0.2, 0.25) is 0 Å². The first-order valence-electron chi connectivity index (χ1n) is 8.34. The Labute approximate surface area is 153 Å². The van der Waals surface area contributed by atoms with E-state index in [0.717, 1.165) is 4.90 Å². The molecule has 0 unspecified atom stereocenters. The third kappa shape index (κ3) is 3.03. The van der Waals surface area contributed by atoms with Gasteiger partial charge in [-0.3, -0.25) is 19.3 Å². The van der Waals surface area contributed by atoms with Crippen molar-refractivity contribution >= 4 is 28.8 Å². The van der Waals surface area contributed by atoms with Gasteiger partial charge in [0.15, 0.2) is 0 Å². The van der Waals surface area contributed by atoms with Crippen molar-refractivity contribution in [2.45, 2.75) is 6.42 Å². The summed E-state index contributed by atoms with van der Waals surface area (Å²) in [6, 6.07) is 11.2. The highest BCUT2D eigenvalue weighted by Gasteiger charge is 2.34. The monoisotopic (exact) mass is 365 g/mol. The topological polar surface area (TPSA) is 97.1 Å². The number of phenols is 1. The van der Waals surface area contributed by atoms with E-state index in [1.54, 1.807) is 30.3 Å². The van der Waals surface area contributed by atoms with E-state index in [1.807, 2.05) is 0 Å². The van der Waals surface area contributed by atoms with E-state index in [0.29, 0.717) is 27.7 Å². The third-order valence-electron chi connectivity index (χ3n) is 4.43. The molecule has 0 saturated carbocycles. The Kier molecular flexibility index (Phi) is 4.12. The van der Waals surface area contributed by atoms with Gasteiger partial charge in [-0.1, -0.05) is 12.1 Å². The molecular weight excluding hydrogens is 350 g/mol. The molecule has 0 spiro atoms. The molecule has 136 valence electrons. The average molecular weight is 365 g/mol. The summed E-state index contributed by atoms with van der Waals surface area (Å²) in [7, 11) is 0. The fourth-order valence-corrected chi connectivity index (χ4v) is 3.11. The fourth-order valence-electron chi connectivity index (χ4n) is 3.11. The number of nitrogens with zero attached hydrogens (tertiary/aromatic N) is 1. The predicted molar refractivity (Wildman–Crippen MR) is 94.4 cm³/mol. The summed E-state index contributed by atoms with van der Waals surface area (Å²) in [6.07, 6.45) is 1.43. The minimum absolute atomic E-state index is 0.00189. The molecule has 0 saturated heterocycles. The zero-order valence-electron chi connectivity index (χ0n) is 14.2. The lowest BCUT2D eigenvalue weighted by atomic mass is 10.1. The SMILES string of the molecule is O=C(Cc1coc2cc(O)ccc12)OCCN1C(=O)c2ccccc2C1=O. The van der Waals surface area contributed by atoms with Crippen molar-refractivity contribution in [2.75, 3.05) is 13.2 Å². The first-order chi connectivity index (χ1) is 13.0. The normalized spacial score (nSPS) is 13.3. The second kappa shape index (κ2) is 6.60. The van der Waals surface area contributed by atoms with Crippen LogP contribution in [0, 0.1) is 0 Å². The van der Waals surface area contributed by atoms with Gasteiger partial charge in [-0.15, -0.1) is 0 Å². The van der Waals surface area contributed by atoms with Gasteiger partial charge in [-0.2, -0.15) is 0 Å². The van der Waals surface area contributed by atoms with Gasteiger partial charge in [-0.05, 0) is 24.3 Å². The van der Waals surface area contributed by atoms with Crippen molar-refractivity contribution in [2.24, 2.45) is 0 Å². The van der Waals surface area contributed by atoms with Crippen LogP contribution >= 0.6 is 0 Å². The predicted octanol–water partition coefficient (Wildman–Crippen LogP) is 2.52. The number of carbonyl (C=O) groups excluding carboxylic acids is 3. The quantitative estimate of drug-likeness (QED) is 0.551. The van der Waals surface area contributed by atoms with Crippen molar-refractivity contribution in [3.05, 3.63) is 65.4 Å². The summed E-state index contributed by atoms with van der Waals surface area (Å²) >= 11 is 0. The van der Waals surface area contributed by atoms with Crippen LogP contribution in [0.3, 0.4) is 0 Å². The molecule has 0 atom stereocenters. The molecule has 0 fully saturated rings. The number of aromatic hydroxyl groups is 1. The van der Waals surface area contributed by atoms with Gasteiger partial charge in [0.25, 0.3) is 11.8 Å². The van der Waals surface area contributed by atoms with Crippen LogP contribution in [0.15, 0.2) is 53.1 Å². The largest absolute Gasteiger partial charge is 0.508 e. The van der Waals surface area contributed by atoms with E-state index in [1.165, 1.54) is 18.4 Å². The molecular formula is C20H15NO6. The minimum Gasteiger partial charge on any atom is -0.508 e. The van der Waals surface area contributed by atoms with E-state index >= 15 is 0 Å². The van der Waals surface area contributed by atoms with Crippen LogP contribution < -0.4 is 0 Å². The summed E-state index contributed by atoms with van der Waals surface area (Å²) < 4.78 is 10.5. The van der Waals surface area contributed by atoms with Crippen molar-refractivity contribution in [1.29, 1.82) is 0 Å². The average Bonchev–Trinajstić information content (AvgIpc) is 3.15. The van der Waals surface area contributed by atoms with E-state index < -0.39 is 5.97 Å². The minimum atomic E-state index is -0.498. The zero-order chi connectivity index (χ0) is 19.0. The van der Waals surface area contributed by atoms with Crippen molar-refractivity contribution < 1.29 is 28.6 Å². The van der Waals surface area contributed by atoms with Crippen molar-refractivity contribution in [1.82, 2.24) is 4.90 Å². The number of esters is 1. The molecule has 0 bridgehead atoms. The van der Waals surface area contributed by atoms with Crippen molar-refractivity contribution in [3.8, 4) is 5.75 Å². The zero-order valence-corrected chi connectivity index (χ0v) is 14.2. The number of fused-ring (bicyclic) bond motifs is 2. The maximum atomic E-state index is 12.2. The first kappa shape index (κ1) is 16.8. The maximum absolute atomic E-state index is 12.2. The van der Waals surface area contributed by atoms with Gasteiger partial charge in [0, 0.05) is 17.0 Å². The Balaban J connectivity index is 1.35.